The Morgan fingerprint density at radius 3 is 2.08 bits per heavy atom. The lowest BCUT2D eigenvalue weighted by Crippen LogP contribution is -2.69. The Balaban J connectivity index is 1.30. The summed E-state index contributed by atoms with van der Waals surface area (Å²) < 4.78 is 5.47. The number of nitrogens with one attached hydrogen (secondary N) is 2. The van der Waals surface area contributed by atoms with E-state index in [-0.39, 0.29) is 35.6 Å². The Morgan fingerprint density at radius 1 is 0.868 bits per heavy atom. The molecule has 0 saturated carbocycles. The van der Waals surface area contributed by atoms with Crippen LogP contribution in [0.5, 0.6) is 5.75 Å². The number of rotatable bonds is 22. The first kappa shape index (κ1) is 42.4. The number of aromatic nitrogens is 1. The molecule has 2 aromatic rings. The van der Waals surface area contributed by atoms with Crippen molar-refractivity contribution in [3.8, 4) is 5.75 Å². The van der Waals surface area contributed by atoms with E-state index in [0.717, 1.165) is 40.8 Å². The molecule has 4 rings (SSSR count). The number of nitrogens with zero attached hydrogens (tertiary/aromatic N) is 2. The zero-order chi connectivity index (χ0) is 38.5. The number of unbranched alkanes of at least 4 members (excludes halogenated alkanes) is 13. The molecule has 0 radical (unpaired) electrons. The zero-order valence-electron chi connectivity index (χ0n) is 34.1. The van der Waals surface area contributed by atoms with Crippen molar-refractivity contribution in [1.82, 2.24) is 20.1 Å². The first-order valence-electron chi connectivity index (χ1n) is 21.0. The quantitative estimate of drug-likeness (QED) is 0.117. The molecule has 2 aliphatic heterocycles. The lowest BCUT2D eigenvalue weighted by molar-refractivity contribution is -0.174. The molecule has 53 heavy (non-hydrogen) atoms. The molecule has 1 aromatic carbocycles. The van der Waals surface area contributed by atoms with Crippen LogP contribution in [0.25, 0.3) is 10.9 Å². The smallest absolute Gasteiger partial charge is 0.253 e. The van der Waals surface area contributed by atoms with E-state index in [2.05, 4.69) is 31.1 Å². The van der Waals surface area contributed by atoms with Crippen molar-refractivity contribution in [3.63, 3.8) is 0 Å². The number of hydrogen-bond acceptors (Lipinski definition) is 5. The normalized spacial score (nSPS) is 18.8. The molecule has 9 nitrogen and oxygen atoms in total. The van der Waals surface area contributed by atoms with Gasteiger partial charge in [0.15, 0.2) is 0 Å². The number of imide groups is 1. The third-order valence-electron chi connectivity index (χ3n) is 11.2. The molecule has 296 valence electrons. The minimum atomic E-state index is -0.868. The van der Waals surface area contributed by atoms with Gasteiger partial charge in [-0.3, -0.25) is 24.1 Å². The highest BCUT2D eigenvalue weighted by Crippen LogP contribution is 2.44. The second-order valence-corrected chi connectivity index (χ2v) is 17.2. The number of carbonyl (C=O) groups excluding carboxylic acids is 4. The highest BCUT2D eigenvalue weighted by molar-refractivity contribution is 6.08. The summed E-state index contributed by atoms with van der Waals surface area (Å²) in [6.07, 6.45) is 19.9. The van der Waals surface area contributed by atoms with E-state index < -0.39 is 17.5 Å². The van der Waals surface area contributed by atoms with Crippen molar-refractivity contribution < 1.29 is 23.9 Å². The number of hydrogen-bond donors (Lipinski definition) is 2. The SMILES string of the molecule is CCCCCCCCCCCCCCCC(=O)NCCCC[C@H]1C(=O)N2[C@@H](Cc3c([nH]c4cc(OC)ccc34)[C@@H]2CC(C)C)C(=O)N1C(=O)C(C)(C)C. The van der Waals surface area contributed by atoms with Crippen molar-refractivity contribution in [2.45, 2.75) is 182 Å². The van der Waals surface area contributed by atoms with Crippen molar-refractivity contribution in [1.29, 1.82) is 0 Å². The highest BCUT2D eigenvalue weighted by atomic mass is 16.5. The number of ether oxygens (including phenoxy) is 1. The Morgan fingerprint density at radius 2 is 1.49 bits per heavy atom. The van der Waals surface area contributed by atoms with E-state index in [9.17, 15) is 19.2 Å². The summed E-state index contributed by atoms with van der Waals surface area (Å²) in [4.78, 5) is 62.2. The topological polar surface area (TPSA) is 112 Å². The molecule has 2 aliphatic rings. The average Bonchev–Trinajstić information content (AvgIpc) is 3.49. The fourth-order valence-electron chi connectivity index (χ4n) is 8.26. The van der Waals surface area contributed by atoms with Crippen LogP contribution in [0.1, 0.15) is 174 Å². The second kappa shape index (κ2) is 20.4. The monoisotopic (exact) mass is 735 g/mol. The van der Waals surface area contributed by atoms with Gasteiger partial charge in [0.2, 0.25) is 17.7 Å². The van der Waals surface area contributed by atoms with Gasteiger partial charge < -0.3 is 19.9 Å². The fourth-order valence-corrected chi connectivity index (χ4v) is 8.26. The molecule has 0 spiro atoms. The molecule has 9 heteroatoms. The number of aromatic amines is 1. The van der Waals surface area contributed by atoms with Crippen LogP contribution in [0.4, 0.5) is 0 Å². The average molecular weight is 735 g/mol. The maximum atomic E-state index is 14.6. The zero-order valence-corrected chi connectivity index (χ0v) is 34.1. The summed E-state index contributed by atoms with van der Waals surface area (Å²) in [6, 6.07) is 3.97. The van der Waals surface area contributed by atoms with Gasteiger partial charge in [-0.1, -0.05) is 119 Å². The van der Waals surface area contributed by atoms with Crippen LogP contribution in [-0.4, -0.2) is 64.2 Å². The number of amides is 4. The van der Waals surface area contributed by atoms with Crippen molar-refractivity contribution in [2.24, 2.45) is 11.3 Å². The van der Waals surface area contributed by atoms with E-state index in [0.29, 0.717) is 45.1 Å². The molecule has 3 atom stereocenters. The predicted octanol–water partition coefficient (Wildman–Crippen LogP) is 9.57. The van der Waals surface area contributed by atoms with Crippen molar-refractivity contribution in [3.05, 3.63) is 29.5 Å². The molecule has 3 heterocycles. The third-order valence-corrected chi connectivity index (χ3v) is 11.2. The Kier molecular flexibility index (Phi) is 16.3. The Labute approximate surface area is 319 Å². The van der Waals surface area contributed by atoms with Crippen LogP contribution in [-0.2, 0) is 25.6 Å². The van der Waals surface area contributed by atoms with Crippen LogP contribution >= 0.6 is 0 Å². The molecular weight excluding hydrogens is 665 g/mol. The summed E-state index contributed by atoms with van der Waals surface area (Å²) in [6.45, 7) is 12.4. The predicted molar refractivity (Wildman–Crippen MR) is 214 cm³/mol. The molecule has 1 saturated heterocycles. The van der Waals surface area contributed by atoms with E-state index in [1.165, 1.54) is 75.5 Å². The van der Waals surface area contributed by atoms with Crippen LogP contribution in [0.3, 0.4) is 0 Å². The Bertz CT molecular complexity index is 1510. The first-order chi connectivity index (χ1) is 25.4. The largest absolute Gasteiger partial charge is 0.497 e. The van der Waals surface area contributed by atoms with Crippen LogP contribution in [0.15, 0.2) is 18.2 Å². The molecule has 1 fully saturated rings. The van der Waals surface area contributed by atoms with Gasteiger partial charge in [-0.2, -0.15) is 0 Å². The standard InChI is InChI=1S/C44H70N4O5/c1-8-9-10-11-12-13-14-15-16-17-18-19-20-24-39(49)45-27-22-21-23-36-41(50)47-37(28-31(2)3)40-34(33-26-25-32(53-7)29-35(33)46-40)30-38(47)42(51)48(36)43(52)44(4,5)6/h25-26,29,31,36-38,46H,8-24,27-28,30H2,1-7H3,(H,45,49)/t36-,37-,38-/m0/s1. The van der Waals surface area contributed by atoms with Gasteiger partial charge in [0.25, 0.3) is 5.91 Å². The van der Waals surface area contributed by atoms with E-state index in [1.54, 1.807) is 32.8 Å². The third kappa shape index (κ3) is 11.3. The molecule has 0 aliphatic carbocycles. The summed E-state index contributed by atoms with van der Waals surface area (Å²) in [7, 11) is 1.64. The number of methoxy groups -OCH3 is 1. The van der Waals surface area contributed by atoms with Crippen molar-refractivity contribution >= 4 is 34.5 Å². The van der Waals surface area contributed by atoms with E-state index in [1.807, 2.05) is 18.2 Å². The maximum absolute atomic E-state index is 14.6. The number of carbonyl (C=O) groups is 4. The highest BCUT2D eigenvalue weighted by Gasteiger charge is 2.54. The van der Waals surface area contributed by atoms with E-state index in [4.69, 9.17) is 4.74 Å². The summed E-state index contributed by atoms with van der Waals surface area (Å²) in [5.41, 5.74) is 2.09. The number of piperazine rings is 1. The fraction of sp³-hybridized carbons (Fsp3) is 0.727. The molecule has 0 bridgehead atoms. The number of H-pyrrole nitrogens is 1. The summed E-state index contributed by atoms with van der Waals surface area (Å²) in [5, 5.41) is 4.07. The second-order valence-electron chi connectivity index (χ2n) is 17.2. The summed E-state index contributed by atoms with van der Waals surface area (Å²) >= 11 is 0. The molecule has 0 unspecified atom stereocenters. The molecule has 1 aromatic heterocycles. The molecule has 2 N–H and O–H groups in total. The van der Waals surface area contributed by atoms with Crippen LogP contribution in [0.2, 0.25) is 0 Å². The van der Waals surface area contributed by atoms with Gasteiger partial charge in [0.05, 0.1) is 13.2 Å². The van der Waals surface area contributed by atoms with Crippen molar-refractivity contribution in [2.75, 3.05) is 13.7 Å². The lowest BCUT2D eigenvalue weighted by atomic mass is 9.83. The summed E-state index contributed by atoms with van der Waals surface area (Å²) in [5.74, 6) is 0.308. The van der Waals surface area contributed by atoms with Gasteiger partial charge in [-0.15, -0.1) is 0 Å². The van der Waals surface area contributed by atoms with Gasteiger partial charge in [0, 0.05) is 47.5 Å². The lowest BCUT2D eigenvalue weighted by Gasteiger charge is -2.50. The minimum absolute atomic E-state index is 0.0703. The van der Waals surface area contributed by atoms with E-state index >= 15 is 0 Å². The van der Waals surface area contributed by atoms with Gasteiger partial charge in [-0.05, 0) is 55.7 Å². The maximum Gasteiger partial charge on any atom is 0.253 e. The minimum Gasteiger partial charge on any atom is -0.497 e. The van der Waals surface area contributed by atoms with Gasteiger partial charge in [0.1, 0.15) is 17.8 Å². The first-order valence-corrected chi connectivity index (χ1v) is 21.0. The van der Waals surface area contributed by atoms with Gasteiger partial charge >= 0.3 is 0 Å². The van der Waals surface area contributed by atoms with Gasteiger partial charge in [-0.25, -0.2) is 0 Å². The Hall–Kier alpha value is -3.36. The molecular formula is C44H70N4O5. The number of benzene rings is 1. The van der Waals surface area contributed by atoms with Crippen LogP contribution < -0.4 is 10.1 Å². The number of fused-ring (bicyclic) bond motifs is 4. The molecule has 4 amide bonds. The van der Waals surface area contributed by atoms with Crippen LogP contribution in [0, 0.1) is 11.3 Å².